The van der Waals surface area contributed by atoms with E-state index < -0.39 is 28.5 Å². The van der Waals surface area contributed by atoms with Gasteiger partial charge < -0.3 is 19.7 Å². The van der Waals surface area contributed by atoms with Crippen molar-refractivity contribution in [2.75, 3.05) is 30.3 Å². The Bertz CT molecular complexity index is 1260. The molecule has 0 unspecified atom stereocenters. The molecule has 0 aromatic heterocycles. The van der Waals surface area contributed by atoms with E-state index in [-0.39, 0.29) is 24.2 Å². The Hall–Kier alpha value is -2.69. The number of anilines is 1. The first kappa shape index (κ1) is 28.9. The molecule has 2 atom stereocenters. The van der Waals surface area contributed by atoms with E-state index in [2.05, 4.69) is 5.32 Å². The topological polar surface area (TPSA) is 105 Å². The molecule has 1 aliphatic rings. The van der Waals surface area contributed by atoms with E-state index in [1.807, 2.05) is 13.8 Å². The number of rotatable bonds is 10. The van der Waals surface area contributed by atoms with Gasteiger partial charge in [0.25, 0.3) is 0 Å². The van der Waals surface area contributed by atoms with Gasteiger partial charge in [-0.05, 0) is 50.1 Å². The predicted molar refractivity (Wildman–Crippen MR) is 144 cm³/mol. The highest BCUT2D eigenvalue weighted by Crippen LogP contribution is 2.35. The van der Waals surface area contributed by atoms with Crippen molar-refractivity contribution < 1.29 is 27.5 Å². The maximum atomic E-state index is 13.7. The molecule has 12 heteroatoms. The van der Waals surface area contributed by atoms with E-state index in [1.165, 1.54) is 11.0 Å². The monoisotopic (exact) mass is 571 g/mol. The minimum atomic E-state index is -3.88. The van der Waals surface area contributed by atoms with Crippen molar-refractivity contribution in [3.8, 4) is 11.5 Å². The lowest BCUT2D eigenvalue weighted by atomic mass is 10.1. The third-order valence-electron chi connectivity index (χ3n) is 6.02. The van der Waals surface area contributed by atoms with E-state index in [9.17, 15) is 18.0 Å². The summed E-state index contributed by atoms with van der Waals surface area (Å²) in [6.07, 6.45) is 1.72. The number of hydrogen-bond acceptors (Lipinski definition) is 6. The number of fused-ring (bicyclic) bond motifs is 1. The molecular formula is C25H31Cl2N3O6S. The molecule has 0 spiro atoms. The molecule has 9 nitrogen and oxygen atoms in total. The second-order valence-corrected chi connectivity index (χ2v) is 11.6. The molecular weight excluding hydrogens is 541 g/mol. The normalized spacial score (nSPS) is 14.4. The van der Waals surface area contributed by atoms with Crippen LogP contribution in [0.5, 0.6) is 11.5 Å². The zero-order valence-corrected chi connectivity index (χ0v) is 23.5. The summed E-state index contributed by atoms with van der Waals surface area (Å²) in [4.78, 5) is 27.9. The number of ether oxygens (including phenoxy) is 2. The van der Waals surface area contributed by atoms with Crippen molar-refractivity contribution in [1.82, 2.24) is 10.2 Å². The maximum absolute atomic E-state index is 13.7. The number of hydrogen-bond donors (Lipinski definition) is 1. The lowest BCUT2D eigenvalue weighted by Crippen LogP contribution is -2.52. The third-order valence-corrected chi connectivity index (χ3v) is 7.74. The van der Waals surface area contributed by atoms with Gasteiger partial charge in [-0.25, -0.2) is 8.42 Å². The summed E-state index contributed by atoms with van der Waals surface area (Å²) in [5.74, 6) is -0.0729. The van der Waals surface area contributed by atoms with Crippen LogP contribution in [0.3, 0.4) is 0 Å². The fourth-order valence-corrected chi connectivity index (χ4v) is 4.99. The smallest absolute Gasteiger partial charge is 0.244 e. The minimum Gasteiger partial charge on any atom is -0.486 e. The van der Waals surface area contributed by atoms with Crippen LogP contribution in [-0.4, -0.2) is 63.2 Å². The lowest BCUT2D eigenvalue weighted by molar-refractivity contribution is -0.139. The molecule has 0 bridgehead atoms. The van der Waals surface area contributed by atoms with Crippen LogP contribution in [0.25, 0.3) is 0 Å². The summed E-state index contributed by atoms with van der Waals surface area (Å²) >= 11 is 12.4. The quantitative estimate of drug-likeness (QED) is 0.464. The summed E-state index contributed by atoms with van der Waals surface area (Å²) in [5.41, 5.74) is 0.800. The molecule has 3 rings (SSSR count). The van der Waals surface area contributed by atoms with E-state index in [0.717, 1.165) is 10.6 Å². The van der Waals surface area contributed by atoms with Gasteiger partial charge in [0.15, 0.2) is 11.5 Å². The van der Waals surface area contributed by atoms with Gasteiger partial charge in [-0.3, -0.25) is 13.9 Å². The van der Waals surface area contributed by atoms with E-state index in [1.54, 1.807) is 37.3 Å². The van der Waals surface area contributed by atoms with Crippen molar-refractivity contribution in [3.63, 3.8) is 0 Å². The van der Waals surface area contributed by atoms with Crippen LogP contribution >= 0.6 is 23.2 Å². The molecule has 0 fully saturated rings. The van der Waals surface area contributed by atoms with Crippen LogP contribution in [0.15, 0.2) is 36.4 Å². The number of carbonyl (C=O) groups excluding carboxylic acids is 2. The third kappa shape index (κ3) is 7.43. The van der Waals surface area contributed by atoms with Gasteiger partial charge >= 0.3 is 0 Å². The van der Waals surface area contributed by atoms with E-state index in [0.29, 0.717) is 46.7 Å². The Morgan fingerprint density at radius 2 is 1.73 bits per heavy atom. The first-order chi connectivity index (χ1) is 17.4. The van der Waals surface area contributed by atoms with Crippen LogP contribution in [0.1, 0.15) is 32.8 Å². The van der Waals surface area contributed by atoms with Gasteiger partial charge in [-0.2, -0.15) is 0 Å². The molecule has 0 radical (unpaired) electrons. The van der Waals surface area contributed by atoms with E-state index in [4.69, 9.17) is 32.7 Å². The van der Waals surface area contributed by atoms with Crippen LogP contribution in [0.4, 0.5) is 5.69 Å². The first-order valence-electron chi connectivity index (χ1n) is 11.8. The standard InChI is InChI=1S/C25H31Cl2N3O6S/c1-5-16(2)28-25(32)17(3)29(14-18-6-7-19(26)12-21(18)27)24(31)15-30(37(4,33)34)20-8-9-22-23(13-20)36-11-10-35-22/h6-9,12-13,16-17H,5,10-11,14-15H2,1-4H3,(H,28,32)/t16-,17-/m0/s1. The van der Waals surface area contributed by atoms with Crippen molar-refractivity contribution in [3.05, 3.63) is 52.0 Å². The molecule has 37 heavy (non-hydrogen) atoms. The fraction of sp³-hybridized carbons (Fsp3) is 0.440. The molecule has 2 aromatic rings. The van der Waals surface area contributed by atoms with Crippen molar-refractivity contribution >= 4 is 50.7 Å². The molecule has 1 N–H and O–H groups in total. The second kappa shape index (κ2) is 12.2. The maximum Gasteiger partial charge on any atom is 0.244 e. The predicted octanol–water partition coefficient (Wildman–Crippen LogP) is 3.86. The zero-order valence-electron chi connectivity index (χ0n) is 21.2. The Balaban J connectivity index is 1.94. The Labute approximate surface area is 227 Å². The summed E-state index contributed by atoms with van der Waals surface area (Å²) in [6, 6.07) is 8.49. The molecule has 0 saturated carbocycles. The van der Waals surface area contributed by atoms with Crippen molar-refractivity contribution in [2.24, 2.45) is 0 Å². The number of amides is 2. The number of benzene rings is 2. The number of nitrogens with one attached hydrogen (secondary N) is 1. The molecule has 1 heterocycles. The SMILES string of the molecule is CC[C@H](C)NC(=O)[C@H](C)N(Cc1ccc(Cl)cc1Cl)C(=O)CN(c1ccc2c(c1)OCCO2)S(C)(=O)=O. The fourth-order valence-electron chi connectivity index (χ4n) is 3.68. The molecule has 1 aliphatic heterocycles. The minimum absolute atomic E-state index is 0.0251. The number of nitrogens with zero attached hydrogens (tertiary/aromatic N) is 2. The molecule has 2 aromatic carbocycles. The van der Waals surface area contributed by atoms with E-state index >= 15 is 0 Å². The van der Waals surface area contributed by atoms with Gasteiger partial charge in [0.05, 0.1) is 11.9 Å². The molecule has 2 amide bonds. The van der Waals surface area contributed by atoms with Crippen LogP contribution in [0, 0.1) is 0 Å². The van der Waals surface area contributed by atoms with Gasteiger partial charge in [-0.15, -0.1) is 0 Å². The van der Waals surface area contributed by atoms with Crippen molar-refractivity contribution in [2.45, 2.75) is 45.8 Å². The summed E-state index contributed by atoms with van der Waals surface area (Å²) in [5, 5.41) is 3.63. The highest BCUT2D eigenvalue weighted by atomic mass is 35.5. The van der Waals surface area contributed by atoms with Gasteiger partial charge in [0.1, 0.15) is 25.8 Å². The summed E-state index contributed by atoms with van der Waals surface area (Å²) in [6.45, 7) is 5.54. The molecule has 0 saturated heterocycles. The molecule has 202 valence electrons. The Morgan fingerprint density at radius 1 is 1.05 bits per heavy atom. The Kier molecular flexibility index (Phi) is 9.55. The van der Waals surface area contributed by atoms with Crippen molar-refractivity contribution in [1.29, 1.82) is 0 Å². The number of carbonyl (C=O) groups is 2. The zero-order chi connectivity index (χ0) is 27.3. The van der Waals surface area contributed by atoms with Gasteiger partial charge in [-0.1, -0.05) is 36.2 Å². The van der Waals surface area contributed by atoms with Crippen LogP contribution < -0.4 is 19.1 Å². The largest absolute Gasteiger partial charge is 0.486 e. The number of halogens is 2. The lowest BCUT2D eigenvalue weighted by Gasteiger charge is -2.32. The Morgan fingerprint density at radius 3 is 2.35 bits per heavy atom. The highest BCUT2D eigenvalue weighted by Gasteiger charge is 2.31. The summed E-state index contributed by atoms with van der Waals surface area (Å²) in [7, 11) is -3.88. The highest BCUT2D eigenvalue weighted by molar-refractivity contribution is 7.92. The van der Waals surface area contributed by atoms with Crippen LogP contribution in [-0.2, 0) is 26.2 Å². The average Bonchev–Trinajstić information content (AvgIpc) is 2.85. The van der Waals surface area contributed by atoms with Crippen LogP contribution in [0.2, 0.25) is 10.0 Å². The molecule has 0 aliphatic carbocycles. The first-order valence-corrected chi connectivity index (χ1v) is 14.4. The van der Waals surface area contributed by atoms with Gasteiger partial charge in [0.2, 0.25) is 21.8 Å². The van der Waals surface area contributed by atoms with Gasteiger partial charge in [0, 0.05) is 28.7 Å². The number of sulfonamides is 1. The average molecular weight is 573 g/mol. The summed E-state index contributed by atoms with van der Waals surface area (Å²) < 4.78 is 37.6. The second-order valence-electron chi connectivity index (χ2n) is 8.85.